The highest BCUT2D eigenvalue weighted by atomic mass is 16.4. The van der Waals surface area contributed by atoms with Gasteiger partial charge in [0, 0.05) is 5.92 Å². The molecule has 0 radical (unpaired) electrons. The van der Waals surface area contributed by atoms with Crippen molar-refractivity contribution >= 4 is 0 Å². The second-order valence-electron chi connectivity index (χ2n) is 9.46. The van der Waals surface area contributed by atoms with E-state index >= 15 is 0 Å². The first kappa shape index (κ1) is 17.7. The van der Waals surface area contributed by atoms with Crippen LogP contribution in [0, 0.1) is 34.5 Å². The predicted octanol–water partition coefficient (Wildman–Crippen LogP) is 0.607. The van der Waals surface area contributed by atoms with E-state index in [0.717, 1.165) is 6.42 Å². The lowest BCUT2D eigenvalue weighted by Gasteiger charge is -2.51. The minimum Gasteiger partial charge on any atom is -0.392 e. The van der Waals surface area contributed by atoms with Crippen LogP contribution in [0.2, 0.25) is 0 Å². The molecule has 5 heteroatoms. The van der Waals surface area contributed by atoms with Crippen LogP contribution < -0.4 is 0 Å². The van der Waals surface area contributed by atoms with Crippen LogP contribution in [0.4, 0.5) is 0 Å². The molecule has 0 amide bonds. The average Bonchev–Trinajstić information content (AvgIpc) is 3.05. The molecule has 5 N–H and O–H groups in total. The van der Waals surface area contributed by atoms with Gasteiger partial charge < -0.3 is 25.5 Å². The molecule has 2 saturated carbocycles. The molecule has 2 fully saturated rings. The topological polar surface area (TPSA) is 101 Å². The van der Waals surface area contributed by atoms with Gasteiger partial charge in [-0.15, -0.1) is 0 Å². The van der Waals surface area contributed by atoms with Crippen molar-refractivity contribution < 1.29 is 25.5 Å². The van der Waals surface area contributed by atoms with Gasteiger partial charge in [0.15, 0.2) is 0 Å². The Hall–Kier alpha value is -0.720. The van der Waals surface area contributed by atoms with Crippen LogP contribution in [0.1, 0.15) is 34.1 Å². The second kappa shape index (κ2) is 4.96. The van der Waals surface area contributed by atoms with Crippen LogP contribution in [0.5, 0.6) is 0 Å². The molecule has 4 rings (SSSR count). The van der Waals surface area contributed by atoms with Crippen molar-refractivity contribution in [2.45, 2.75) is 58.0 Å². The first-order chi connectivity index (χ1) is 11.5. The molecule has 0 saturated heterocycles. The van der Waals surface area contributed by atoms with E-state index in [1.165, 1.54) is 0 Å². The zero-order valence-electron chi connectivity index (χ0n) is 15.3. The summed E-state index contributed by atoms with van der Waals surface area (Å²) < 4.78 is 0. The predicted molar refractivity (Wildman–Crippen MR) is 92.4 cm³/mol. The normalized spacial score (nSPS) is 56.1. The third-order valence-electron chi connectivity index (χ3n) is 8.20. The van der Waals surface area contributed by atoms with E-state index in [1.807, 2.05) is 6.92 Å². The van der Waals surface area contributed by atoms with Gasteiger partial charge in [0.05, 0.1) is 18.1 Å². The quantitative estimate of drug-likeness (QED) is 0.446. The summed E-state index contributed by atoms with van der Waals surface area (Å²) in [4.78, 5) is 0. The monoisotopic (exact) mass is 350 g/mol. The van der Waals surface area contributed by atoms with Gasteiger partial charge in [0.25, 0.3) is 0 Å². The minimum absolute atomic E-state index is 0.0853. The van der Waals surface area contributed by atoms with Crippen LogP contribution >= 0.6 is 0 Å². The maximum atomic E-state index is 11.6. The molecule has 1 unspecified atom stereocenters. The summed E-state index contributed by atoms with van der Waals surface area (Å²) in [6, 6.07) is 0. The van der Waals surface area contributed by atoms with Gasteiger partial charge in [-0.25, -0.2) is 0 Å². The minimum atomic E-state index is -1.93. The zero-order valence-corrected chi connectivity index (χ0v) is 15.3. The molecular weight excluding hydrogens is 320 g/mol. The molecule has 140 valence electrons. The lowest BCUT2D eigenvalue weighted by molar-refractivity contribution is -0.215. The summed E-state index contributed by atoms with van der Waals surface area (Å²) in [5, 5.41) is 54.7. The maximum Gasteiger partial charge on any atom is 0.136 e. The Balaban J connectivity index is 1.98. The van der Waals surface area contributed by atoms with Crippen molar-refractivity contribution in [1.29, 1.82) is 0 Å². The third-order valence-corrected chi connectivity index (χ3v) is 8.20. The van der Waals surface area contributed by atoms with Crippen molar-refractivity contribution in [2.75, 3.05) is 6.61 Å². The molecular formula is C20H30O5. The van der Waals surface area contributed by atoms with Crippen molar-refractivity contribution in [3.63, 3.8) is 0 Å². The number of aliphatic hydroxyl groups excluding tert-OH is 4. The summed E-state index contributed by atoms with van der Waals surface area (Å²) in [5.74, 6) is 0.292. The Kier molecular flexibility index (Phi) is 3.51. The first-order valence-corrected chi connectivity index (χ1v) is 9.32. The first-order valence-electron chi connectivity index (χ1n) is 9.32. The van der Waals surface area contributed by atoms with Crippen LogP contribution in [0.15, 0.2) is 23.3 Å². The molecule has 0 heterocycles. The van der Waals surface area contributed by atoms with Crippen molar-refractivity contribution in [3.05, 3.63) is 23.3 Å². The highest BCUT2D eigenvalue weighted by Crippen LogP contribution is 2.72. The molecule has 25 heavy (non-hydrogen) atoms. The van der Waals surface area contributed by atoms with E-state index in [9.17, 15) is 25.5 Å². The second-order valence-corrected chi connectivity index (χ2v) is 9.46. The molecule has 9 atom stereocenters. The molecule has 4 aliphatic carbocycles. The van der Waals surface area contributed by atoms with Crippen molar-refractivity contribution in [3.8, 4) is 0 Å². The van der Waals surface area contributed by atoms with E-state index in [4.69, 9.17) is 0 Å². The third kappa shape index (κ3) is 1.77. The van der Waals surface area contributed by atoms with Crippen LogP contribution in [0.3, 0.4) is 0 Å². The Morgan fingerprint density at radius 1 is 1.16 bits per heavy atom. The largest absolute Gasteiger partial charge is 0.392 e. The van der Waals surface area contributed by atoms with Crippen LogP contribution in [-0.2, 0) is 0 Å². The van der Waals surface area contributed by atoms with Gasteiger partial charge >= 0.3 is 0 Å². The highest BCUT2D eigenvalue weighted by molar-refractivity contribution is 5.42. The van der Waals surface area contributed by atoms with Crippen molar-refractivity contribution in [2.24, 2.45) is 34.5 Å². The van der Waals surface area contributed by atoms with Crippen LogP contribution in [-0.4, -0.2) is 56.1 Å². The van der Waals surface area contributed by atoms with E-state index in [-0.39, 0.29) is 23.2 Å². The number of fused-ring (bicyclic) bond motifs is 3. The van der Waals surface area contributed by atoms with E-state index in [1.54, 1.807) is 19.1 Å². The summed E-state index contributed by atoms with van der Waals surface area (Å²) in [6.45, 7) is 7.72. The van der Waals surface area contributed by atoms with Gasteiger partial charge in [-0.2, -0.15) is 0 Å². The standard InChI is InChI=1S/C20H30O5/c1-9-7-19-10(2)5-13-14(18(13,3)4)12(17(19)24)6-11(8-21)16(23)20(19,25)15(9)22/h6-7,10,12-17,21-25H,5,8H2,1-4H3/t10-,12+,13-,14+,15-,16+,17?,19+,20-/m0/s1. The van der Waals surface area contributed by atoms with Crippen molar-refractivity contribution in [1.82, 2.24) is 0 Å². The van der Waals surface area contributed by atoms with E-state index < -0.39 is 35.9 Å². The fourth-order valence-corrected chi connectivity index (χ4v) is 6.74. The summed E-state index contributed by atoms with van der Waals surface area (Å²) in [5.41, 5.74) is -2.11. The molecule has 0 aliphatic heterocycles. The number of rotatable bonds is 1. The number of hydrogen-bond acceptors (Lipinski definition) is 5. The SMILES string of the molecule is CC1=C[C@@]23C(O)[C@H](C=C(CO)[C@@H](O)[C@@]2(O)[C@H]1O)[C@@H]1[C@H](C[C@@H]3C)C1(C)C. The Morgan fingerprint density at radius 3 is 2.40 bits per heavy atom. The van der Waals surface area contributed by atoms with Gasteiger partial charge in [0.2, 0.25) is 0 Å². The number of hydrogen-bond donors (Lipinski definition) is 5. The maximum absolute atomic E-state index is 11.6. The average molecular weight is 350 g/mol. The zero-order chi connectivity index (χ0) is 18.5. The van der Waals surface area contributed by atoms with Gasteiger partial charge in [-0.3, -0.25) is 0 Å². The smallest absolute Gasteiger partial charge is 0.136 e. The Labute approximate surface area is 148 Å². The fraction of sp³-hybridized carbons (Fsp3) is 0.800. The van der Waals surface area contributed by atoms with Crippen LogP contribution in [0.25, 0.3) is 0 Å². The molecule has 0 aromatic heterocycles. The fourth-order valence-electron chi connectivity index (χ4n) is 6.74. The summed E-state index contributed by atoms with van der Waals surface area (Å²) >= 11 is 0. The lowest BCUT2D eigenvalue weighted by atomic mass is 9.58. The molecule has 5 nitrogen and oxygen atoms in total. The van der Waals surface area contributed by atoms with Gasteiger partial charge in [-0.1, -0.05) is 32.9 Å². The summed E-state index contributed by atoms with van der Waals surface area (Å²) in [7, 11) is 0. The number of aliphatic hydroxyl groups is 5. The van der Waals surface area contributed by atoms with E-state index in [0.29, 0.717) is 17.1 Å². The molecule has 2 bridgehead atoms. The molecule has 1 spiro atoms. The highest BCUT2D eigenvalue weighted by Gasteiger charge is 2.75. The Bertz CT molecular complexity index is 667. The van der Waals surface area contributed by atoms with E-state index in [2.05, 4.69) is 13.8 Å². The molecule has 0 aromatic rings. The van der Waals surface area contributed by atoms with Gasteiger partial charge in [0.1, 0.15) is 17.8 Å². The Morgan fingerprint density at radius 2 is 1.80 bits per heavy atom. The van der Waals surface area contributed by atoms with Gasteiger partial charge in [-0.05, 0) is 47.7 Å². The molecule has 0 aromatic carbocycles. The molecule has 4 aliphatic rings. The lowest BCUT2D eigenvalue weighted by Crippen LogP contribution is -2.66. The summed E-state index contributed by atoms with van der Waals surface area (Å²) in [6.07, 6.45) is 0.801.